The van der Waals surface area contributed by atoms with E-state index in [1.807, 2.05) is 12.1 Å². The second-order valence-corrected chi connectivity index (χ2v) is 7.58. The number of hydrogen-bond acceptors (Lipinski definition) is 4. The summed E-state index contributed by atoms with van der Waals surface area (Å²) < 4.78 is 7.56. The molecular weight excluding hydrogens is 350 g/mol. The highest BCUT2D eigenvalue weighted by Crippen LogP contribution is 2.33. The fourth-order valence-electron chi connectivity index (χ4n) is 4.29. The Balaban J connectivity index is 1.49. The van der Waals surface area contributed by atoms with Gasteiger partial charge in [0.1, 0.15) is 5.75 Å². The first-order valence-electron chi connectivity index (χ1n) is 9.92. The summed E-state index contributed by atoms with van der Waals surface area (Å²) in [5.74, 6) is 0.822. The van der Waals surface area contributed by atoms with Gasteiger partial charge in [0.15, 0.2) is 0 Å². The first-order chi connectivity index (χ1) is 13.6. The molecule has 28 heavy (non-hydrogen) atoms. The number of aliphatic hydroxyl groups is 1. The van der Waals surface area contributed by atoms with Gasteiger partial charge >= 0.3 is 0 Å². The van der Waals surface area contributed by atoms with Gasteiger partial charge in [-0.05, 0) is 37.3 Å². The third-order valence-electron chi connectivity index (χ3n) is 6.01. The summed E-state index contributed by atoms with van der Waals surface area (Å²) in [6.07, 6.45) is -0.515. The normalized spacial score (nSPS) is 16.5. The molecule has 148 valence electrons. The summed E-state index contributed by atoms with van der Waals surface area (Å²) in [5.41, 5.74) is 4.53. The Labute approximate surface area is 166 Å². The fourth-order valence-corrected chi connectivity index (χ4v) is 4.29. The van der Waals surface area contributed by atoms with Crippen molar-refractivity contribution in [2.45, 2.75) is 13.0 Å². The molecule has 0 saturated carbocycles. The van der Waals surface area contributed by atoms with Gasteiger partial charge < -0.3 is 19.3 Å². The van der Waals surface area contributed by atoms with Gasteiger partial charge in [-0.25, -0.2) is 0 Å². The van der Waals surface area contributed by atoms with Gasteiger partial charge in [0.25, 0.3) is 0 Å². The van der Waals surface area contributed by atoms with E-state index in [0.29, 0.717) is 6.54 Å². The minimum absolute atomic E-state index is 0.515. The third-order valence-corrected chi connectivity index (χ3v) is 6.01. The molecule has 2 heterocycles. The highest BCUT2D eigenvalue weighted by Gasteiger charge is 2.24. The molecule has 1 N–H and O–H groups in total. The molecule has 1 aliphatic rings. The molecule has 0 radical (unpaired) electrons. The Morgan fingerprint density at radius 3 is 2.43 bits per heavy atom. The van der Waals surface area contributed by atoms with E-state index in [-0.39, 0.29) is 0 Å². The van der Waals surface area contributed by atoms with Gasteiger partial charge in [-0.3, -0.25) is 4.90 Å². The van der Waals surface area contributed by atoms with Gasteiger partial charge in [0, 0.05) is 67.6 Å². The zero-order valence-corrected chi connectivity index (χ0v) is 16.9. The fraction of sp³-hybridized carbons (Fsp3) is 0.391. The number of piperazine rings is 1. The van der Waals surface area contributed by atoms with E-state index >= 15 is 0 Å². The summed E-state index contributed by atoms with van der Waals surface area (Å²) in [4.78, 5) is 4.78. The number of aliphatic hydroxyl groups excluding tert-OH is 1. The van der Waals surface area contributed by atoms with Crippen LogP contribution in [0.1, 0.15) is 17.4 Å². The number of para-hydroxylation sites is 1. The lowest BCUT2D eigenvalue weighted by Gasteiger charge is -2.37. The van der Waals surface area contributed by atoms with Crippen molar-refractivity contribution >= 4 is 16.6 Å². The smallest absolute Gasteiger partial charge is 0.119 e. The topological polar surface area (TPSA) is 40.9 Å². The van der Waals surface area contributed by atoms with Crippen molar-refractivity contribution in [1.29, 1.82) is 0 Å². The molecule has 5 heteroatoms. The van der Waals surface area contributed by atoms with Crippen molar-refractivity contribution < 1.29 is 9.84 Å². The predicted octanol–water partition coefficient (Wildman–Crippen LogP) is 3.35. The summed E-state index contributed by atoms with van der Waals surface area (Å²) in [5, 5.41) is 12.2. The monoisotopic (exact) mass is 379 g/mol. The number of rotatable bonds is 5. The number of methoxy groups -OCH3 is 1. The van der Waals surface area contributed by atoms with E-state index in [1.165, 1.54) is 5.69 Å². The Kier molecular flexibility index (Phi) is 5.29. The Bertz CT molecular complexity index is 943. The Morgan fingerprint density at radius 2 is 1.75 bits per heavy atom. The van der Waals surface area contributed by atoms with Crippen LogP contribution >= 0.6 is 0 Å². The first kappa shape index (κ1) is 18.8. The summed E-state index contributed by atoms with van der Waals surface area (Å²) in [7, 11) is 3.73. The van der Waals surface area contributed by atoms with Crippen molar-refractivity contribution in [3.05, 3.63) is 59.8 Å². The molecule has 3 aromatic rings. The lowest BCUT2D eigenvalue weighted by Crippen LogP contribution is -2.47. The number of fused-ring (bicyclic) bond motifs is 1. The molecule has 0 aliphatic carbocycles. The molecule has 5 nitrogen and oxygen atoms in total. The predicted molar refractivity (Wildman–Crippen MR) is 114 cm³/mol. The molecule has 4 rings (SSSR count). The molecule has 1 aliphatic heterocycles. The number of aryl methyl sites for hydroxylation is 1. The van der Waals surface area contributed by atoms with Gasteiger partial charge in [-0.2, -0.15) is 0 Å². The SMILES string of the molecule is COc1ccc2c(c1)c([C@H](O)CN1CCN(c3ccccc3)CC1)c(C)n2C. The van der Waals surface area contributed by atoms with E-state index in [2.05, 4.69) is 64.7 Å². The van der Waals surface area contributed by atoms with Gasteiger partial charge in [0.2, 0.25) is 0 Å². The van der Waals surface area contributed by atoms with Gasteiger partial charge in [-0.1, -0.05) is 18.2 Å². The van der Waals surface area contributed by atoms with Crippen LogP contribution in [0.2, 0.25) is 0 Å². The molecule has 1 aromatic heterocycles. The number of aromatic nitrogens is 1. The minimum atomic E-state index is -0.515. The van der Waals surface area contributed by atoms with Crippen molar-refractivity contribution in [3.8, 4) is 5.75 Å². The number of ether oxygens (including phenoxy) is 1. The van der Waals surface area contributed by atoms with Crippen LogP contribution in [0.25, 0.3) is 10.9 Å². The van der Waals surface area contributed by atoms with Crippen molar-refractivity contribution in [2.24, 2.45) is 7.05 Å². The van der Waals surface area contributed by atoms with Gasteiger partial charge in [0.05, 0.1) is 13.2 Å². The molecule has 0 amide bonds. The van der Waals surface area contributed by atoms with Crippen LogP contribution in [0.4, 0.5) is 5.69 Å². The molecular formula is C23H29N3O2. The maximum absolute atomic E-state index is 11.1. The van der Waals surface area contributed by atoms with Crippen LogP contribution in [0.15, 0.2) is 48.5 Å². The average molecular weight is 380 g/mol. The zero-order valence-electron chi connectivity index (χ0n) is 16.9. The van der Waals surface area contributed by atoms with Crippen LogP contribution in [-0.4, -0.2) is 54.4 Å². The van der Waals surface area contributed by atoms with Crippen LogP contribution in [-0.2, 0) is 7.05 Å². The number of anilines is 1. The van der Waals surface area contributed by atoms with E-state index in [9.17, 15) is 5.11 Å². The first-order valence-corrected chi connectivity index (χ1v) is 9.92. The minimum Gasteiger partial charge on any atom is -0.497 e. The summed E-state index contributed by atoms with van der Waals surface area (Å²) in [6.45, 7) is 6.62. The van der Waals surface area contributed by atoms with Crippen molar-refractivity contribution in [3.63, 3.8) is 0 Å². The molecule has 0 spiro atoms. The molecule has 0 unspecified atom stereocenters. The van der Waals surface area contributed by atoms with E-state index in [0.717, 1.165) is 54.1 Å². The molecule has 0 bridgehead atoms. The van der Waals surface area contributed by atoms with Crippen LogP contribution in [0.5, 0.6) is 5.75 Å². The van der Waals surface area contributed by atoms with E-state index in [1.54, 1.807) is 7.11 Å². The molecule has 1 saturated heterocycles. The Hall–Kier alpha value is -2.50. The highest BCUT2D eigenvalue weighted by atomic mass is 16.5. The molecule has 1 fully saturated rings. The second-order valence-electron chi connectivity index (χ2n) is 7.58. The maximum atomic E-state index is 11.1. The lowest BCUT2D eigenvalue weighted by atomic mass is 10.0. The lowest BCUT2D eigenvalue weighted by molar-refractivity contribution is 0.110. The third kappa shape index (κ3) is 3.48. The average Bonchev–Trinajstić information content (AvgIpc) is 2.99. The highest BCUT2D eigenvalue weighted by molar-refractivity contribution is 5.87. The van der Waals surface area contributed by atoms with Gasteiger partial charge in [-0.15, -0.1) is 0 Å². The number of β-amino-alcohol motifs (C(OH)–C–C–N with tert-alkyl or cyclic N) is 1. The van der Waals surface area contributed by atoms with Crippen LogP contribution in [0, 0.1) is 6.92 Å². The standard InChI is InChI=1S/C23H29N3O2/c1-17-23(20-15-19(28-3)9-10-21(20)24(17)2)22(27)16-25-11-13-26(14-12-25)18-7-5-4-6-8-18/h4-10,15,22,27H,11-14,16H2,1-3H3/t22-/m1/s1. The van der Waals surface area contributed by atoms with E-state index in [4.69, 9.17) is 4.74 Å². The van der Waals surface area contributed by atoms with E-state index < -0.39 is 6.10 Å². The number of nitrogens with zero attached hydrogens (tertiary/aromatic N) is 3. The van der Waals surface area contributed by atoms with Crippen LogP contribution in [0.3, 0.4) is 0 Å². The maximum Gasteiger partial charge on any atom is 0.119 e. The summed E-state index contributed by atoms with van der Waals surface area (Å²) >= 11 is 0. The number of benzene rings is 2. The molecule has 1 atom stereocenters. The zero-order chi connectivity index (χ0) is 19.7. The Morgan fingerprint density at radius 1 is 1.04 bits per heavy atom. The quantitative estimate of drug-likeness (QED) is 0.738. The van der Waals surface area contributed by atoms with Crippen molar-refractivity contribution in [2.75, 3.05) is 44.7 Å². The largest absolute Gasteiger partial charge is 0.497 e. The molecule has 2 aromatic carbocycles. The van der Waals surface area contributed by atoms with Crippen molar-refractivity contribution in [1.82, 2.24) is 9.47 Å². The number of hydrogen-bond donors (Lipinski definition) is 1. The van der Waals surface area contributed by atoms with Crippen LogP contribution < -0.4 is 9.64 Å². The second kappa shape index (κ2) is 7.86. The summed E-state index contributed by atoms with van der Waals surface area (Å²) in [6, 6.07) is 16.6.